The molecule has 16 N–H and O–H groups in total. The Labute approximate surface area is 316 Å². The first-order valence-electron chi connectivity index (χ1n) is 17.2. The van der Waals surface area contributed by atoms with Gasteiger partial charge in [-0.15, -0.1) is 0 Å². The van der Waals surface area contributed by atoms with E-state index in [0.29, 0.717) is 11.1 Å². The number of carboxylic acids is 1. The van der Waals surface area contributed by atoms with Gasteiger partial charge in [0.05, 0.1) is 19.1 Å². The van der Waals surface area contributed by atoms with Crippen LogP contribution in [0.25, 0.3) is 0 Å². The van der Waals surface area contributed by atoms with Gasteiger partial charge in [-0.1, -0.05) is 60.7 Å². The number of benzene rings is 2. The Kier molecular flexibility index (Phi) is 18.7. The fourth-order valence-corrected chi connectivity index (χ4v) is 5.06. The molecule has 0 saturated heterocycles. The summed E-state index contributed by atoms with van der Waals surface area (Å²) >= 11 is 0. The van der Waals surface area contributed by atoms with Gasteiger partial charge in [-0.25, -0.2) is 4.79 Å². The van der Waals surface area contributed by atoms with E-state index < -0.39 is 96.8 Å². The molecule has 7 atom stereocenters. The summed E-state index contributed by atoms with van der Waals surface area (Å²) in [5.74, 6) is -7.46. The van der Waals surface area contributed by atoms with Crippen molar-refractivity contribution in [1.82, 2.24) is 26.6 Å². The number of aliphatic hydroxyl groups excluding tert-OH is 2. The van der Waals surface area contributed by atoms with Gasteiger partial charge in [0.25, 0.3) is 0 Å². The number of hydrogen-bond acceptors (Lipinski definition) is 11. The number of nitrogens with two attached hydrogens (primary N) is 4. The number of guanidine groups is 1. The van der Waals surface area contributed by atoms with Crippen LogP contribution < -0.4 is 49.5 Å². The van der Waals surface area contributed by atoms with E-state index in [0.717, 1.165) is 0 Å². The molecule has 0 aliphatic heterocycles. The quantitative estimate of drug-likeness (QED) is 0.0289. The number of aliphatic imine (C=N–C) groups is 1. The minimum atomic E-state index is -1.65. The predicted octanol–water partition coefficient (Wildman–Crippen LogP) is -4.39. The molecule has 0 bridgehead atoms. The number of carbonyl (C=O) groups is 7. The van der Waals surface area contributed by atoms with E-state index >= 15 is 0 Å². The molecule has 2 aromatic carbocycles. The average molecular weight is 771 g/mol. The van der Waals surface area contributed by atoms with E-state index in [-0.39, 0.29) is 38.2 Å². The normalized spacial score (nSPS) is 14.6. The molecule has 0 aromatic heterocycles. The van der Waals surface area contributed by atoms with Crippen molar-refractivity contribution >= 4 is 47.4 Å². The molecule has 0 aliphatic carbocycles. The number of nitrogens with one attached hydrogen (secondary N) is 5. The summed E-state index contributed by atoms with van der Waals surface area (Å²) < 4.78 is 0. The molecule has 2 aromatic rings. The zero-order chi connectivity index (χ0) is 41.1. The number of nitrogens with zero attached hydrogens (tertiary/aromatic N) is 1. The summed E-state index contributed by atoms with van der Waals surface area (Å²) in [5, 5.41) is 41.3. The summed E-state index contributed by atoms with van der Waals surface area (Å²) in [6, 6.07) is 7.82. The molecule has 2 rings (SSSR count). The van der Waals surface area contributed by atoms with Crippen molar-refractivity contribution < 1.29 is 48.9 Å². The predicted molar refractivity (Wildman–Crippen MR) is 198 cm³/mol. The van der Waals surface area contributed by atoms with Crippen molar-refractivity contribution in [2.24, 2.45) is 27.9 Å². The molecule has 0 radical (unpaired) electrons. The molecular formula is C35H50N10O10. The minimum Gasteiger partial charge on any atom is -0.480 e. The van der Waals surface area contributed by atoms with Crippen LogP contribution in [0.2, 0.25) is 0 Å². The first-order chi connectivity index (χ1) is 26.0. The second kappa shape index (κ2) is 22.8. The molecule has 20 nitrogen and oxygen atoms in total. The highest BCUT2D eigenvalue weighted by Crippen LogP contribution is 2.09. The van der Waals surface area contributed by atoms with Crippen LogP contribution >= 0.6 is 0 Å². The van der Waals surface area contributed by atoms with Crippen LogP contribution in [0.3, 0.4) is 0 Å². The number of rotatable bonds is 23. The van der Waals surface area contributed by atoms with Gasteiger partial charge in [0.15, 0.2) is 5.96 Å². The number of amides is 6. The summed E-state index contributed by atoms with van der Waals surface area (Å²) in [4.78, 5) is 94.3. The van der Waals surface area contributed by atoms with Gasteiger partial charge < -0.3 is 64.8 Å². The van der Waals surface area contributed by atoms with Crippen LogP contribution in [0, 0.1) is 0 Å². The number of primary amides is 1. The highest BCUT2D eigenvalue weighted by Gasteiger charge is 2.33. The van der Waals surface area contributed by atoms with Gasteiger partial charge in [-0.3, -0.25) is 33.8 Å². The van der Waals surface area contributed by atoms with Crippen LogP contribution in [-0.4, -0.2) is 118 Å². The fourth-order valence-electron chi connectivity index (χ4n) is 5.06. The summed E-state index contributed by atoms with van der Waals surface area (Å²) in [7, 11) is 0. The standard InChI is InChI=1S/C35H50N10O10/c1-19(47)28(37)33(53)43-24(17-27(36)48)31(51)42-23(15-20-9-4-2-5-10-20)30(50)41-22(13-8-14-40-35(38)39)29(49)45-26(18-46)32(52)44-25(34(54)55)16-21-11-6-3-7-12-21/h2-7,9-12,19,22-26,28,46-47H,8,13-18,37H2,1H3,(H2,36,48)(H,41,50)(H,42,51)(H,43,53)(H,44,52)(H,45,49)(H,54,55)(H4,38,39,40)/t19-,22+,23+,24+,25+,26+,28+/m1/s1. The van der Waals surface area contributed by atoms with Crippen LogP contribution in [0.1, 0.15) is 37.3 Å². The summed E-state index contributed by atoms with van der Waals surface area (Å²) in [6.45, 7) is 0.326. The first-order valence-corrected chi connectivity index (χ1v) is 17.2. The molecule has 0 spiro atoms. The summed E-state index contributed by atoms with van der Waals surface area (Å²) in [6.07, 6.45) is -2.25. The molecule has 0 fully saturated rings. The fraction of sp³-hybridized carbons (Fsp3) is 0.429. The SMILES string of the molecule is C[C@@H](O)[C@H](N)C(=O)N[C@@H](CC(N)=O)C(=O)N[C@@H](Cc1ccccc1)C(=O)N[C@@H](CCCN=C(N)N)C(=O)N[C@@H](CO)C(=O)N[C@@H](Cc1ccccc1)C(=O)O. The molecular weight excluding hydrogens is 720 g/mol. The molecule has 55 heavy (non-hydrogen) atoms. The lowest BCUT2D eigenvalue weighted by molar-refractivity contribution is -0.142. The molecule has 20 heteroatoms. The largest absolute Gasteiger partial charge is 0.480 e. The third-order valence-electron chi connectivity index (χ3n) is 8.07. The molecule has 300 valence electrons. The van der Waals surface area contributed by atoms with Crippen molar-refractivity contribution in [2.75, 3.05) is 13.2 Å². The van der Waals surface area contributed by atoms with Crippen molar-refractivity contribution in [2.45, 2.75) is 81.4 Å². The maximum absolute atomic E-state index is 13.9. The lowest BCUT2D eigenvalue weighted by atomic mass is 10.0. The van der Waals surface area contributed by atoms with Gasteiger partial charge in [-0.05, 0) is 30.9 Å². The van der Waals surface area contributed by atoms with Crippen LogP contribution in [-0.2, 0) is 46.4 Å². The van der Waals surface area contributed by atoms with Gasteiger partial charge >= 0.3 is 5.97 Å². The molecule has 0 unspecified atom stereocenters. The third-order valence-corrected chi connectivity index (χ3v) is 8.07. The van der Waals surface area contributed by atoms with Crippen molar-refractivity contribution in [3.63, 3.8) is 0 Å². The molecule has 0 saturated carbocycles. The molecule has 0 heterocycles. The Balaban J connectivity index is 2.35. The van der Waals surface area contributed by atoms with E-state index in [1.165, 1.54) is 6.92 Å². The number of aliphatic hydroxyl groups is 2. The van der Waals surface area contributed by atoms with E-state index in [1.807, 2.05) is 0 Å². The number of hydrogen-bond donors (Lipinski definition) is 12. The highest BCUT2D eigenvalue weighted by atomic mass is 16.4. The van der Waals surface area contributed by atoms with Crippen LogP contribution in [0.5, 0.6) is 0 Å². The summed E-state index contributed by atoms with van der Waals surface area (Å²) in [5.41, 5.74) is 22.9. The zero-order valence-corrected chi connectivity index (χ0v) is 30.2. The minimum absolute atomic E-state index is 0.0267. The Morgan fingerprint density at radius 3 is 1.58 bits per heavy atom. The van der Waals surface area contributed by atoms with Gasteiger partial charge in [-0.2, -0.15) is 0 Å². The van der Waals surface area contributed by atoms with Crippen molar-refractivity contribution in [3.8, 4) is 0 Å². The lowest BCUT2D eigenvalue weighted by Gasteiger charge is -2.27. The third kappa shape index (κ3) is 16.2. The topological polar surface area (TPSA) is 357 Å². The maximum Gasteiger partial charge on any atom is 0.326 e. The van der Waals surface area contributed by atoms with E-state index in [2.05, 4.69) is 31.6 Å². The Hall–Kier alpha value is -6.12. The van der Waals surface area contributed by atoms with Gasteiger partial charge in [0.1, 0.15) is 36.3 Å². The monoisotopic (exact) mass is 770 g/mol. The number of carboxylic acid groups (broad SMARTS) is 1. The van der Waals surface area contributed by atoms with Gasteiger partial charge in [0, 0.05) is 19.4 Å². The van der Waals surface area contributed by atoms with Crippen molar-refractivity contribution in [3.05, 3.63) is 71.8 Å². The Morgan fingerprint density at radius 1 is 0.655 bits per heavy atom. The van der Waals surface area contributed by atoms with Crippen LogP contribution in [0.4, 0.5) is 0 Å². The van der Waals surface area contributed by atoms with E-state index in [1.54, 1.807) is 60.7 Å². The zero-order valence-electron chi connectivity index (χ0n) is 30.2. The Bertz CT molecular complexity index is 1640. The molecule has 6 amide bonds. The average Bonchev–Trinajstić information content (AvgIpc) is 3.13. The second-order valence-corrected chi connectivity index (χ2v) is 12.6. The first kappa shape index (κ1) is 45.0. The molecule has 0 aliphatic rings. The van der Waals surface area contributed by atoms with E-state index in [9.17, 15) is 48.9 Å². The van der Waals surface area contributed by atoms with E-state index in [4.69, 9.17) is 22.9 Å². The lowest BCUT2D eigenvalue weighted by Crippen LogP contribution is -2.60. The highest BCUT2D eigenvalue weighted by molar-refractivity contribution is 5.97. The van der Waals surface area contributed by atoms with Crippen LogP contribution in [0.15, 0.2) is 65.7 Å². The second-order valence-electron chi connectivity index (χ2n) is 12.6. The maximum atomic E-state index is 13.9. The Morgan fingerprint density at radius 2 is 1.09 bits per heavy atom. The number of aliphatic carboxylic acids is 1. The van der Waals surface area contributed by atoms with Gasteiger partial charge in [0.2, 0.25) is 35.4 Å². The van der Waals surface area contributed by atoms with Crippen molar-refractivity contribution in [1.29, 1.82) is 0 Å². The smallest absolute Gasteiger partial charge is 0.326 e. The number of carbonyl (C=O) groups excluding carboxylic acids is 6.